The minimum absolute atomic E-state index is 0.00876. The summed E-state index contributed by atoms with van der Waals surface area (Å²) in [5.74, 6) is 0.424. The van der Waals surface area contributed by atoms with Gasteiger partial charge in [0.2, 0.25) is 0 Å². The Bertz CT molecular complexity index is 1010. The molecule has 1 heterocycles. The van der Waals surface area contributed by atoms with Crippen LogP contribution in [0.2, 0.25) is 0 Å². The van der Waals surface area contributed by atoms with Gasteiger partial charge in [0.25, 0.3) is 0 Å². The molecule has 4 rings (SSSR count). The molecule has 1 aromatic carbocycles. The second-order valence-electron chi connectivity index (χ2n) is 10.5. The average molecular weight is 364 g/mol. The molecule has 2 aromatic rings. The molecule has 2 aliphatic rings. The number of benzene rings is 1. The number of hydrogen-bond acceptors (Lipinski definition) is 1. The molecule has 2 heteroatoms. The number of hydrogen-bond donors (Lipinski definition) is 1. The smallest absolute Gasteiger partial charge is 0.190 e. The number of pyridine rings is 1. The van der Waals surface area contributed by atoms with Gasteiger partial charge in [-0.15, -0.1) is 0 Å². The molecular weight excluding hydrogens is 330 g/mol. The van der Waals surface area contributed by atoms with Crippen LogP contribution in [0.25, 0.3) is 11.3 Å². The van der Waals surface area contributed by atoms with Gasteiger partial charge in [-0.05, 0) is 35.3 Å². The van der Waals surface area contributed by atoms with E-state index in [0.29, 0.717) is 5.92 Å². The predicted octanol–water partition coefficient (Wildman–Crippen LogP) is 6.15. The minimum atomic E-state index is -0.221. The Balaban J connectivity index is 2.18. The van der Waals surface area contributed by atoms with Gasteiger partial charge in [-0.25, -0.2) is 0 Å². The Hall–Kier alpha value is -1.83. The number of aromatic nitrogens is 1. The van der Waals surface area contributed by atoms with Crippen molar-refractivity contribution < 1.29 is 0 Å². The zero-order valence-electron chi connectivity index (χ0n) is 18.1. The van der Waals surface area contributed by atoms with Crippen molar-refractivity contribution in [2.75, 3.05) is 0 Å². The summed E-state index contributed by atoms with van der Waals surface area (Å²) < 4.78 is 0. The van der Waals surface area contributed by atoms with Crippen LogP contribution in [0.5, 0.6) is 0 Å². The van der Waals surface area contributed by atoms with Gasteiger partial charge in [-0.1, -0.05) is 73.6 Å². The molecule has 144 valence electrons. The Kier molecular flexibility index (Phi) is 3.68. The number of H-pyrrole nitrogens is 1. The average Bonchev–Trinajstić information content (AvgIpc) is 2.94. The fourth-order valence-electron chi connectivity index (χ4n) is 6.04. The summed E-state index contributed by atoms with van der Waals surface area (Å²) in [6, 6.07) is 6.63. The molecule has 1 aromatic heterocycles. The van der Waals surface area contributed by atoms with E-state index in [2.05, 4.69) is 78.6 Å². The molecule has 1 N–H and O–H groups in total. The van der Waals surface area contributed by atoms with E-state index in [-0.39, 0.29) is 21.7 Å². The second-order valence-corrected chi connectivity index (χ2v) is 10.5. The molecule has 0 amide bonds. The molecule has 0 bridgehead atoms. The molecule has 1 unspecified atom stereocenters. The van der Waals surface area contributed by atoms with Gasteiger partial charge in [0.15, 0.2) is 5.43 Å². The van der Waals surface area contributed by atoms with Crippen LogP contribution < -0.4 is 5.43 Å². The lowest BCUT2D eigenvalue weighted by Crippen LogP contribution is -2.32. The van der Waals surface area contributed by atoms with Gasteiger partial charge in [0, 0.05) is 33.2 Å². The molecule has 0 spiro atoms. The monoisotopic (exact) mass is 363 g/mol. The summed E-state index contributed by atoms with van der Waals surface area (Å²) >= 11 is 0. The first-order chi connectivity index (χ1) is 12.5. The third kappa shape index (κ3) is 2.22. The zero-order chi connectivity index (χ0) is 19.9. The fraction of sp³-hybridized carbons (Fsp3) is 0.560. The van der Waals surface area contributed by atoms with Crippen LogP contribution in [-0.2, 0) is 16.2 Å². The van der Waals surface area contributed by atoms with Crippen molar-refractivity contribution in [2.45, 2.75) is 90.4 Å². The highest BCUT2D eigenvalue weighted by Crippen LogP contribution is 2.54. The quantitative estimate of drug-likeness (QED) is 0.681. The van der Waals surface area contributed by atoms with Crippen molar-refractivity contribution in [1.82, 2.24) is 4.98 Å². The van der Waals surface area contributed by atoms with Crippen LogP contribution in [0.1, 0.15) is 102 Å². The lowest BCUT2D eigenvalue weighted by atomic mass is 9.76. The van der Waals surface area contributed by atoms with E-state index >= 15 is 0 Å². The highest BCUT2D eigenvalue weighted by Gasteiger charge is 2.49. The van der Waals surface area contributed by atoms with E-state index in [4.69, 9.17) is 0 Å². The highest BCUT2D eigenvalue weighted by atomic mass is 16.1. The van der Waals surface area contributed by atoms with E-state index in [1.807, 2.05) is 0 Å². The standard InChI is InChI=1S/C25H33NO/c1-9-25(8)16-12-10-11-15(14(2)3)17(16)20-18(25)21(27)19-22(26-20)24(6,7)13-23(19,4)5/h10-12,14H,9,13H2,1-8H3,(H,26,27). The summed E-state index contributed by atoms with van der Waals surface area (Å²) in [6.45, 7) is 18.0. The summed E-state index contributed by atoms with van der Waals surface area (Å²) in [5.41, 5.74) is 8.17. The lowest BCUT2D eigenvalue weighted by Gasteiger charge is -2.26. The Morgan fingerprint density at radius 3 is 2.30 bits per heavy atom. The first-order valence-corrected chi connectivity index (χ1v) is 10.4. The van der Waals surface area contributed by atoms with Gasteiger partial charge in [-0.3, -0.25) is 4.79 Å². The van der Waals surface area contributed by atoms with Crippen LogP contribution in [0, 0.1) is 0 Å². The third-order valence-electron chi connectivity index (χ3n) is 7.26. The molecule has 0 fully saturated rings. The Morgan fingerprint density at radius 1 is 1.04 bits per heavy atom. The summed E-state index contributed by atoms with van der Waals surface area (Å²) in [6.07, 6.45) is 1.94. The van der Waals surface area contributed by atoms with Crippen LogP contribution in [0.15, 0.2) is 23.0 Å². The van der Waals surface area contributed by atoms with Crippen LogP contribution in [0.3, 0.4) is 0 Å². The molecule has 0 saturated carbocycles. The van der Waals surface area contributed by atoms with E-state index in [1.54, 1.807) is 0 Å². The molecular formula is C25H33NO. The summed E-state index contributed by atoms with van der Waals surface area (Å²) in [5, 5.41) is 0. The van der Waals surface area contributed by atoms with E-state index < -0.39 is 0 Å². The Labute approximate surface area is 163 Å². The summed E-state index contributed by atoms with van der Waals surface area (Å²) in [7, 11) is 0. The van der Waals surface area contributed by atoms with Gasteiger partial charge < -0.3 is 4.98 Å². The van der Waals surface area contributed by atoms with Crippen LogP contribution in [0.4, 0.5) is 0 Å². The predicted molar refractivity (Wildman–Crippen MR) is 114 cm³/mol. The van der Waals surface area contributed by atoms with Gasteiger partial charge >= 0.3 is 0 Å². The van der Waals surface area contributed by atoms with Crippen LogP contribution >= 0.6 is 0 Å². The summed E-state index contributed by atoms with van der Waals surface area (Å²) in [4.78, 5) is 17.8. The maximum Gasteiger partial charge on any atom is 0.190 e. The van der Waals surface area contributed by atoms with Crippen molar-refractivity contribution in [3.05, 3.63) is 56.4 Å². The van der Waals surface area contributed by atoms with Crippen LogP contribution in [-0.4, -0.2) is 4.98 Å². The second kappa shape index (κ2) is 5.37. The number of aromatic amines is 1. The van der Waals surface area contributed by atoms with Crippen molar-refractivity contribution in [3.63, 3.8) is 0 Å². The fourth-order valence-corrected chi connectivity index (χ4v) is 6.04. The zero-order valence-corrected chi connectivity index (χ0v) is 18.1. The van der Waals surface area contributed by atoms with Gasteiger partial charge in [0.1, 0.15) is 0 Å². The molecule has 0 radical (unpaired) electrons. The largest absolute Gasteiger partial charge is 0.357 e. The first-order valence-electron chi connectivity index (χ1n) is 10.4. The number of fused-ring (bicyclic) bond motifs is 4. The van der Waals surface area contributed by atoms with Gasteiger partial charge in [0.05, 0.1) is 5.69 Å². The number of nitrogens with one attached hydrogen (secondary N) is 1. The molecule has 1 atom stereocenters. The van der Waals surface area contributed by atoms with Crippen molar-refractivity contribution in [1.29, 1.82) is 0 Å². The maximum atomic E-state index is 14.0. The first kappa shape index (κ1) is 18.5. The number of rotatable bonds is 2. The molecule has 27 heavy (non-hydrogen) atoms. The van der Waals surface area contributed by atoms with E-state index in [1.165, 1.54) is 16.7 Å². The third-order valence-corrected chi connectivity index (χ3v) is 7.26. The van der Waals surface area contributed by atoms with Gasteiger partial charge in [-0.2, -0.15) is 0 Å². The molecule has 2 aliphatic carbocycles. The molecule has 0 aliphatic heterocycles. The van der Waals surface area contributed by atoms with E-state index in [0.717, 1.165) is 35.4 Å². The SMILES string of the molecule is CCC1(C)c2cccc(C(C)C)c2-c2[nH]c3c(c(=O)c21)C(C)(C)CC3(C)C. The van der Waals surface area contributed by atoms with Crippen molar-refractivity contribution in [3.8, 4) is 11.3 Å². The Morgan fingerprint density at radius 2 is 1.70 bits per heavy atom. The normalized spacial score (nSPS) is 24.0. The van der Waals surface area contributed by atoms with Crippen molar-refractivity contribution >= 4 is 0 Å². The maximum absolute atomic E-state index is 14.0. The topological polar surface area (TPSA) is 32.9 Å². The molecule has 0 saturated heterocycles. The van der Waals surface area contributed by atoms with Crippen molar-refractivity contribution in [2.24, 2.45) is 0 Å². The minimum Gasteiger partial charge on any atom is -0.357 e. The highest BCUT2D eigenvalue weighted by molar-refractivity contribution is 5.82. The van der Waals surface area contributed by atoms with E-state index in [9.17, 15) is 4.79 Å². The lowest BCUT2D eigenvalue weighted by molar-refractivity contribution is 0.399. The molecule has 2 nitrogen and oxygen atoms in total.